The Bertz CT molecular complexity index is 1210. The number of hydrogen-bond donors (Lipinski definition) is 5. The number of nitrogens with one attached hydrogen (secondary N) is 4. The number of benzene rings is 1. The summed E-state index contributed by atoms with van der Waals surface area (Å²) in [5.41, 5.74) is 3.50. The molecule has 1 amide bonds. The van der Waals surface area contributed by atoms with Crippen molar-refractivity contribution in [2.75, 3.05) is 12.4 Å². The fraction of sp³-hybridized carbons (Fsp3) is 0.150. The van der Waals surface area contributed by atoms with Crippen LogP contribution in [0, 0.1) is 0 Å². The predicted octanol–water partition coefficient (Wildman–Crippen LogP) is 2.37. The number of aliphatic hydroxyl groups is 1. The minimum atomic E-state index is -0.388. The first-order valence-electron chi connectivity index (χ1n) is 9.36. The molecule has 10 nitrogen and oxygen atoms in total. The molecule has 0 spiro atoms. The first kappa shape index (κ1) is 20.5. The van der Waals surface area contributed by atoms with Gasteiger partial charge in [0, 0.05) is 31.0 Å². The molecule has 0 unspecified atom stereocenters. The van der Waals surface area contributed by atoms with Crippen molar-refractivity contribution in [2.24, 2.45) is 0 Å². The summed E-state index contributed by atoms with van der Waals surface area (Å²) in [4.78, 5) is 20.7. The molecule has 0 atom stereocenters. The lowest BCUT2D eigenvalue weighted by atomic mass is 10.0. The number of carbonyl (C=O) groups excluding carboxylic acids is 1. The van der Waals surface area contributed by atoms with Crippen molar-refractivity contribution in [3.05, 3.63) is 64.7 Å². The molecular formula is C20H19ClN8O2. The standard InChI is InChI=1S/C20H19ClN8O2/c1-22-17-15(12-2-3-13(10-30)14(21)8-12)16(26-27-17)18-25-19(29-28-18)20(31)24-9-11-4-6-23-7-5-11/h2-8,30H,9-10H2,1H3,(H,24,31)(H2,22,26,27)(H,25,28,29). The summed E-state index contributed by atoms with van der Waals surface area (Å²) in [5, 5.41) is 29.6. The zero-order chi connectivity index (χ0) is 21.8. The number of H-pyrrole nitrogens is 2. The average molecular weight is 439 g/mol. The number of amides is 1. The van der Waals surface area contributed by atoms with E-state index in [-0.39, 0.29) is 24.2 Å². The van der Waals surface area contributed by atoms with E-state index >= 15 is 0 Å². The monoisotopic (exact) mass is 438 g/mol. The largest absolute Gasteiger partial charge is 0.392 e. The third-order valence-electron chi connectivity index (χ3n) is 4.64. The Balaban J connectivity index is 1.61. The number of aromatic nitrogens is 6. The summed E-state index contributed by atoms with van der Waals surface area (Å²) in [6, 6.07) is 8.92. The Kier molecular flexibility index (Phi) is 5.92. The third kappa shape index (κ3) is 4.25. The topological polar surface area (TPSA) is 144 Å². The van der Waals surface area contributed by atoms with Crippen molar-refractivity contribution in [3.63, 3.8) is 0 Å². The lowest BCUT2D eigenvalue weighted by molar-refractivity contribution is 0.0941. The van der Waals surface area contributed by atoms with Crippen LogP contribution in [-0.2, 0) is 13.2 Å². The van der Waals surface area contributed by atoms with Crippen LogP contribution < -0.4 is 10.6 Å². The van der Waals surface area contributed by atoms with E-state index in [4.69, 9.17) is 11.6 Å². The molecule has 1 aromatic carbocycles. The van der Waals surface area contributed by atoms with E-state index in [1.165, 1.54) is 0 Å². The zero-order valence-corrected chi connectivity index (χ0v) is 17.2. The van der Waals surface area contributed by atoms with Crippen LogP contribution in [0.5, 0.6) is 0 Å². The molecule has 0 fully saturated rings. The maximum Gasteiger partial charge on any atom is 0.288 e. The number of pyridine rings is 1. The first-order valence-corrected chi connectivity index (χ1v) is 9.74. The maximum atomic E-state index is 12.5. The molecule has 11 heteroatoms. The predicted molar refractivity (Wildman–Crippen MR) is 115 cm³/mol. The fourth-order valence-corrected chi connectivity index (χ4v) is 3.28. The van der Waals surface area contributed by atoms with E-state index in [0.29, 0.717) is 34.2 Å². The Hall–Kier alpha value is -3.76. The highest BCUT2D eigenvalue weighted by atomic mass is 35.5. The van der Waals surface area contributed by atoms with E-state index in [1.807, 2.05) is 18.2 Å². The van der Waals surface area contributed by atoms with Crippen LogP contribution in [0.1, 0.15) is 21.7 Å². The van der Waals surface area contributed by atoms with E-state index in [2.05, 4.69) is 41.0 Å². The van der Waals surface area contributed by atoms with Gasteiger partial charge < -0.3 is 15.7 Å². The normalized spacial score (nSPS) is 10.8. The third-order valence-corrected chi connectivity index (χ3v) is 4.99. The van der Waals surface area contributed by atoms with Gasteiger partial charge in [-0.2, -0.15) is 10.2 Å². The van der Waals surface area contributed by atoms with Crippen LogP contribution in [0.3, 0.4) is 0 Å². The zero-order valence-electron chi connectivity index (χ0n) is 16.5. The summed E-state index contributed by atoms with van der Waals surface area (Å²) in [6.45, 7) is 0.182. The van der Waals surface area contributed by atoms with Crippen LogP contribution >= 0.6 is 11.6 Å². The Morgan fingerprint density at radius 2 is 1.97 bits per heavy atom. The van der Waals surface area contributed by atoms with Crippen LogP contribution in [0.25, 0.3) is 22.6 Å². The number of carbonyl (C=O) groups is 1. The van der Waals surface area contributed by atoms with Crippen molar-refractivity contribution >= 4 is 23.3 Å². The number of nitrogens with zero attached hydrogens (tertiary/aromatic N) is 4. The Morgan fingerprint density at radius 3 is 2.68 bits per heavy atom. The molecule has 3 aromatic heterocycles. The molecule has 158 valence electrons. The second-order valence-corrected chi connectivity index (χ2v) is 6.99. The molecule has 0 saturated carbocycles. The summed E-state index contributed by atoms with van der Waals surface area (Å²) in [5.74, 6) is 0.529. The highest BCUT2D eigenvalue weighted by Gasteiger charge is 2.21. The number of aliphatic hydroxyl groups excluding tert-OH is 1. The highest BCUT2D eigenvalue weighted by molar-refractivity contribution is 6.31. The van der Waals surface area contributed by atoms with Gasteiger partial charge in [-0.1, -0.05) is 23.7 Å². The molecule has 5 N–H and O–H groups in total. The van der Waals surface area contributed by atoms with E-state index in [9.17, 15) is 9.90 Å². The van der Waals surface area contributed by atoms with Gasteiger partial charge in [-0.25, -0.2) is 4.98 Å². The van der Waals surface area contributed by atoms with Crippen LogP contribution in [-0.4, -0.2) is 48.4 Å². The minimum absolute atomic E-state index is 0.0734. The molecule has 0 radical (unpaired) electrons. The van der Waals surface area contributed by atoms with Crippen LogP contribution in [0.15, 0.2) is 42.7 Å². The van der Waals surface area contributed by atoms with Gasteiger partial charge in [0.25, 0.3) is 5.91 Å². The van der Waals surface area contributed by atoms with Gasteiger partial charge in [-0.3, -0.25) is 20.0 Å². The summed E-state index contributed by atoms with van der Waals surface area (Å²) >= 11 is 6.27. The molecule has 31 heavy (non-hydrogen) atoms. The Labute approximate surface area is 182 Å². The van der Waals surface area contributed by atoms with Crippen LogP contribution in [0.4, 0.5) is 5.82 Å². The second kappa shape index (κ2) is 8.94. The van der Waals surface area contributed by atoms with Crippen LogP contribution in [0.2, 0.25) is 5.02 Å². The maximum absolute atomic E-state index is 12.5. The number of rotatable bonds is 7. The molecule has 0 saturated heterocycles. The number of halogens is 1. The van der Waals surface area contributed by atoms with Crippen molar-refractivity contribution in [3.8, 4) is 22.6 Å². The van der Waals surface area contributed by atoms with Gasteiger partial charge in [0.05, 0.1) is 12.2 Å². The summed E-state index contributed by atoms with van der Waals surface area (Å²) in [7, 11) is 1.74. The van der Waals surface area contributed by atoms with Gasteiger partial charge in [-0.05, 0) is 34.9 Å². The summed E-state index contributed by atoms with van der Waals surface area (Å²) < 4.78 is 0. The average Bonchev–Trinajstić information content (AvgIpc) is 3.45. The number of hydrogen-bond acceptors (Lipinski definition) is 7. The van der Waals surface area contributed by atoms with Crippen molar-refractivity contribution in [1.82, 2.24) is 35.7 Å². The molecule has 0 aliphatic carbocycles. The highest BCUT2D eigenvalue weighted by Crippen LogP contribution is 2.36. The van der Waals surface area contributed by atoms with Gasteiger partial charge in [-0.15, -0.1) is 0 Å². The second-order valence-electron chi connectivity index (χ2n) is 6.58. The van der Waals surface area contributed by atoms with Gasteiger partial charge in [0.1, 0.15) is 5.69 Å². The lowest BCUT2D eigenvalue weighted by Crippen LogP contribution is -2.24. The molecule has 0 aliphatic heterocycles. The molecule has 0 bridgehead atoms. The quantitative estimate of drug-likeness (QED) is 0.298. The minimum Gasteiger partial charge on any atom is -0.392 e. The molecule has 4 rings (SSSR count). The van der Waals surface area contributed by atoms with Crippen molar-refractivity contribution in [1.29, 1.82) is 0 Å². The van der Waals surface area contributed by atoms with Crippen molar-refractivity contribution < 1.29 is 9.90 Å². The van der Waals surface area contributed by atoms with E-state index in [1.54, 1.807) is 31.6 Å². The molecular weight excluding hydrogens is 420 g/mol. The first-order chi connectivity index (χ1) is 15.1. The van der Waals surface area contributed by atoms with E-state index in [0.717, 1.165) is 11.1 Å². The van der Waals surface area contributed by atoms with E-state index < -0.39 is 0 Å². The lowest BCUT2D eigenvalue weighted by Gasteiger charge is -2.07. The molecule has 4 aromatic rings. The summed E-state index contributed by atoms with van der Waals surface area (Å²) in [6.07, 6.45) is 3.32. The number of anilines is 1. The SMILES string of the molecule is CNc1n[nH]c(-c2n[nH]c(C(=O)NCc3ccncc3)n2)c1-c1ccc(CO)c(Cl)c1. The molecule has 3 heterocycles. The molecule has 0 aliphatic rings. The van der Waals surface area contributed by atoms with Crippen molar-refractivity contribution in [2.45, 2.75) is 13.2 Å². The van der Waals surface area contributed by atoms with Gasteiger partial charge >= 0.3 is 0 Å². The van der Waals surface area contributed by atoms with Gasteiger partial charge in [0.2, 0.25) is 5.82 Å². The Morgan fingerprint density at radius 1 is 1.16 bits per heavy atom. The fourth-order valence-electron chi connectivity index (χ4n) is 3.04. The number of aromatic amines is 2. The van der Waals surface area contributed by atoms with Gasteiger partial charge in [0.15, 0.2) is 11.6 Å². The smallest absolute Gasteiger partial charge is 0.288 e.